The maximum atomic E-state index is 11.1. The molecule has 2 heterocycles. The molecule has 1 aliphatic heterocycles. The second kappa shape index (κ2) is 8.23. The van der Waals surface area contributed by atoms with E-state index >= 15 is 0 Å². The monoisotopic (exact) mass is 358 g/mol. The Kier molecular flexibility index (Phi) is 5.78. The van der Waals surface area contributed by atoms with Gasteiger partial charge in [0.15, 0.2) is 11.5 Å². The first kappa shape index (κ1) is 18.3. The van der Waals surface area contributed by atoms with E-state index in [4.69, 9.17) is 9.47 Å². The van der Waals surface area contributed by atoms with Crippen molar-refractivity contribution in [3.8, 4) is 11.5 Å². The fourth-order valence-electron chi connectivity index (χ4n) is 3.16. The second-order valence-electron chi connectivity index (χ2n) is 6.39. The third-order valence-corrected chi connectivity index (χ3v) is 4.38. The number of hydrogen-bond donors (Lipinski definition) is 1. The summed E-state index contributed by atoms with van der Waals surface area (Å²) in [5.41, 5.74) is 3.27. The molecule has 1 aromatic carbocycles. The molecule has 1 aliphatic rings. The van der Waals surface area contributed by atoms with Crippen LogP contribution < -0.4 is 14.8 Å². The van der Waals surface area contributed by atoms with Crippen LogP contribution in [-0.2, 0) is 31.0 Å². The van der Waals surface area contributed by atoms with Crippen LogP contribution in [0.25, 0.3) is 0 Å². The predicted octanol–water partition coefficient (Wildman–Crippen LogP) is 1.94. The van der Waals surface area contributed by atoms with E-state index in [1.54, 1.807) is 7.11 Å². The van der Waals surface area contributed by atoms with Gasteiger partial charge in [-0.15, -0.1) is 0 Å². The van der Waals surface area contributed by atoms with Gasteiger partial charge >= 0.3 is 0 Å². The number of hydrogen-bond acceptors (Lipinski definition) is 5. The molecule has 0 bridgehead atoms. The Balaban J connectivity index is 1.65. The van der Waals surface area contributed by atoms with E-state index < -0.39 is 0 Å². The molecule has 0 spiro atoms. The van der Waals surface area contributed by atoms with E-state index in [1.165, 1.54) is 18.2 Å². The summed E-state index contributed by atoms with van der Waals surface area (Å²) in [6.07, 6.45) is 0. The average molecular weight is 358 g/mol. The van der Waals surface area contributed by atoms with Crippen molar-refractivity contribution >= 4 is 5.91 Å². The van der Waals surface area contributed by atoms with Crippen molar-refractivity contribution in [1.82, 2.24) is 20.0 Å². The lowest BCUT2D eigenvalue weighted by Crippen LogP contribution is -2.33. The summed E-state index contributed by atoms with van der Waals surface area (Å²) >= 11 is 0. The number of fused-ring (bicyclic) bond motifs is 1. The zero-order chi connectivity index (χ0) is 18.5. The van der Waals surface area contributed by atoms with E-state index in [-0.39, 0.29) is 5.91 Å². The van der Waals surface area contributed by atoms with Gasteiger partial charge in [-0.1, -0.05) is 6.07 Å². The zero-order valence-electron chi connectivity index (χ0n) is 15.6. The first-order chi connectivity index (χ1) is 12.6. The van der Waals surface area contributed by atoms with Crippen LogP contribution in [0.1, 0.15) is 30.8 Å². The predicted molar refractivity (Wildman–Crippen MR) is 98.0 cm³/mol. The van der Waals surface area contributed by atoms with E-state index in [0.29, 0.717) is 13.2 Å². The molecule has 7 nitrogen and oxygen atoms in total. The Bertz CT molecular complexity index is 772. The minimum absolute atomic E-state index is 0.0396. The number of carbonyl (C=O) groups excluding carboxylic acids is 1. The third-order valence-electron chi connectivity index (χ3n) is 4.38. The lowest BCUT2D eigenvalue weighted by molar-refractivity contribution is -0.119. The highest BCUT2D eigenvalue weighted by molar-refractivity contribution is 5.72. The Labute approximate surface area is 153 Å². The molecule has 0 saturated heterocycles. The van der Waals surface area contributed by atoms with Crippen molar-refractivity contribution in [2.24, 2.45) is 0 Å². The van der Waals surface area contributed by atoms with Crippen LogP contribution in [0.5, 0.6) is 11.5 Å². The third kappa shape index (κ3) is 4.35. The van der Waals surface area contributed by atoms with Crippen LogP contribution in [0.2, 0.25) is 0 Å². The highest BCUT2D eigenvalue weighted by Crippen LogP contribution is 2.29. The molecule has 7 heteroatoms. The molecular weight excluding hydrogens is 332 g/mol. The fourth-order valence-corrected chi connectivity index (χ4v) is 3.16. The number of rotatable bonds is 7. The van der Waals surface area contributed by atoms with Gasteiger partial charge in [0, 0.05) is 26.6 Å². The minimum atomic E-state index is -0.0396. The minimum Gasteiger partial charge on any atom is -0.493 e. The smallest absolute Gasteiger partial charge is 0.217 e. The summed E-state index contributed by atoms with van der Waals surface area (Å²) in [6.45, 7) is 8.04. The standard InChI is InChI=1S/C19H26N4O3/c1-4-26-19-9-15(5-6-18(19)25-3)12-22-7-8-23-17(13-22)10-16(21-23)11-20-14(2)24/h5-6,9-10H,4,7-8,11-13H2,1-3H3,(H,20,24). The molecule has 26 heavy (non-hydrogen) atoms. The van der Waals surface area contributed by atoms with Gasteiger partial charge in [0.1, 0.15) is 0 Å². The van der Waals surface area contributed by atoms with Gasteiger partial charge in [-0.05, 0) is 30.7 Å². The maximum absolute atomic E-state index is 11.1. The van der Waals surface area contributed by atoms with Crippen molar-refractivity contribution in [3.63, 3.8) is 0 Å². The van der Waals surface area contributed by atoms with Crippen LogP contribution in [0.15, 0.2) is 24.3 Å². The number of carbonyl (C=O) groups is 1. The SMILES string of the molecule is CCOc1cc(CN2CCn3nc(CNC(C)=O)cc3C2)ccc1OC. The second-order valence-corrected chi connectivity index (χ2v) is 6.39. The fraction of sp³-hybridized carbons (Fsp3) is 0.474. The summed E-state index contributed by atoms with van der Waals surface area (Å²) in [7, 11) is 1.65. The summed E-state index contributed by atoms with van der Waals surface area (Å²) in [6, 6.07) is 8.16. The molecular formula is C19H26N4O3. The Morgan fingerprint density at radius 1 is 1.27 bits per heavy atom. The number of nitrogens with zero attached hydrogens (tertiary/aromatic N) is 3. The van der Waals surface area contributed by atoms with Crippen molar-refractivity contribution in [3.05, 3.63) is 41.2 Å². The van der Waals surface area contributed by atoms with E-state index in [0.717, 1.165) is 43.4 Å². The van der Waals surface area contributed by atoms with Crippen molar-refractivity contribution in [2.75, 3.05) is 20.3 Å². The first-order valence-electron chi connectivity index (χ1n) is 8.91. The largest absolute Gasteiger partial charge is 0.493 e. The normalized spacial score (nSPS) is 14.0. The zero-order valence-corrected chi connectivity index (χ0v) is 15.6. The summed E-state index contributed by atoms with van der Waals surface area (Å²) in [5.74, 6) is 1.50. The highest BCUT2D eigenvalue weighted by atomic mass is 16.5. The van der Waals surface area contributed by atoms with Gasteiger partial charge in [0.2, 0.25) is 5.91 Å². The molecule has 2 aromatic rings. The van der Waals surface area contributed by atoms with Crippen molar-refractivity contribution in [1.29, 1.82) is 0 Å². The quantitative estimate of drug-likeness (QED) is 0.819. The van der Waals surface area contributed by atoms with Crippen LogP contribution in [-0.4, -0.2) is 40.8 Å². The van der Waals surface area contributed by atoms with E-state index in [2.05, 4.69) is 33.5 Å². The first-order valence-corrected chi connectivity index (χ1v) is 8.91. The van der Waals surface area contributed by atoms with Gasteiger partial charge in [0.25, 0.3) is 0 Å². The molecule has 1 amide bonds. The molecule has 140 valence electrons. The van der Waals surface area contributed by atoms with E-state index in [1.807, 2.05) is 17.7 Å². The number of methoxy groups -OCH3 is 1. The van der Waals surface area contributed by atoms with Gasteiger partial charge in [-0.25, -0.2) is 0 Å². The van der Waals surface area contributed by atoms with Gasteiger partial charge in [-0.3, -0.25) is 14.4 Å². The summed E-state index contributed by atoms with van der Waals surface area (Å²) in [4.78, 5) is 13.4. The molecule has 0 saturated carbocycles. The lowest BCUT2D eigenvalue weighted by atomic mass is 10.1. The number of amides is 1. The summed E-state index contributed by atoms with van der Waals surface area (Å²) < 4.78 is 13.1. The van der Waals surface area contributed by atoms with Crippen molar-refractivity contribution < 1.29 is 14.3 Å². The average Bonchev–Trinajstić information content (AvgIpc) is 3.03. The van der Waals surface area contributed by atoms with Crippen LogP contribution in [0.4, 0.5) is 0 Å². The Hall–Kier alpha value is -2.54. The van der Waals surface area contributed by atoms with Gasteiger partial charge < -0.3 is 14.8 Å². The van der Waals surface area contributed by atoms with E-state index in [9.17, 15) is 4.79 Å². The topological polar surface area (TPSA) is 68.6 Å². The van der Waals surface area contributed by atoms with Crippen molar-refractivity contribution in [2.45, 2.75) is 40.0 Å². The maximum Gasteiger partial charge on any atom is 0.217 e. The number of aromatic nitrogens is 2. The molecule has 0 radical (unpaired) electrons. The highest BCUT2D eigenvalue weighted by Gasteiger charge is 2.19. The van der Waals surface area contributed by atoms with Gasteiger partial charge in [-0.2, -0.15) is 5.10 Å². The van der Waals surface area contributed by atoms with Crippen LogP contribution in [0, 0.1) is 0 Å². The molecule has 1 aromatic heterocycles. The Morgan fingerprint density at radius 3 is 2.85 bits per heavy atom. The molecule has 0 unspecified atom stereocenters. The molecule has 3 rings (SSSR count). The lowest BCUT2D eigenvalue weighted by Gasteiger charge is -2.27. The molecule has 1 N–H and O–H groups in total. The molecule has 0 fully saturated rings. The molecule has 0 atom stereocenters. The van der Waals surface area contributed by atoms with Crippen LogP contribution >= 0.6 is 0 Å². The number of nitrogens with one attached hydrogen (secondary N) is 1. The molecule has 0 aliphatic carbocycles. The van der Waals surface area contributed by atoms with Crippen LogP contribution in [0.3, 0.4) is 0 Å². The van der Waals surface area contributed by atoms with Gasteiger partial charge in [0.05, 0.1) is 38.2 Å². The number of ether oxygens (including phenoxy) is 2. The Morgan fingerprint density at radius 2 is 2.12 bits per heavy atom. The number of benzene rings is 1. The summed E-state index contributed by atoms with van der Waals surface area (Å²) in [5, 5.41) is 7.36.